The minimum atomic E-state index is 1.30. The third-order valence-corrected chi connectivity index (χ3v) is 11.4. The lowest BCUT2D eigenvalue weighted by atomic mass is 9.88. The van der Waals surface area contributed by atoms with Crippen molar-refractivity contribution in [1.29, 1.82) is 0 Å². The Morgan fingerprint density at radius 2 is 0.622 bits per heavy atom. The first-order valence-electron chi connectivity index (χ1n) is 15.6. The van der Waals surface area contributed by atoms with Crippen molar-refractivity contribution >= 4 is 96.1 Å². The maximum Gasteiger partial charge on any atom is 0.0434 e. The SMILES string of the molecule is c1cc2ccc3cccc4c(-c5cccc6c5sc5c(-c7cc8cccc9ccc%10cccc7c%10c98)cccc56)cc(c1)c2c34. The molecule has 0 aliphatic carbocycles. The summed E-state index contributed by atoms with van der Waals surface area (Å²) in [6, 6.07) is 54.6. The molecule has 0 aliphatic heterocycles. The van der Waals surface area contributed by atoms with Crippen LogP contribution >= 0.6 is 11.3 Å². The summed E-state index contributed by atoms with van der Waals surface area (Å²) in [5.41, 5.74) is 5.25. The van der Waals surface area contributed by atoms with Gasteiger partial charge in [0.25, 0.3) is 0 Å². The highest BCUT2D eigenvalue weighted by Gasteiger charge is 2.19. The molecule has 0 unspecified atom stereocenters. The van der Waals surface area contributed by atoms with Gasteiger partial charge in [0, 0.05) is 31.3 Å². The Labute approximate surface area is 263 Å². The Kier molecular flexibility index (Phi) is 4.55. The number of rotatable bonds is 2. The van der Waals surface area contributed by atoms with Gasteiger partial charge in [-0.3, -0.25) is 0 Å². The normalized spacial score (nSPS) is 12.4. The van der Waals surface area contributed by atoms with Crippen LogP contribution in [0, 0.1) is 0 Å². The zero-order valence-corrected chi connectivity index (χ0v) is 25.1. The molecule has 11 rings (SSSR count). The summed E-state index contributed by atoms with van der Waals surface area (Å²) in [7, 11) is 0. The second-order valence-electron chi connectivity index (χ2n) is 12.4. The van der Waals surface area contributed by atoms with Crippen molar-refractivity contribution in [2.24, 2.45) is 0 Å². The summed E-state index contributed by atoms with van der Waals surface area (Å²) < 4.78 is 2.71. The molecule has 10 aromatic carbocycles. The van der Waals surface area contributed by atoms with Crippen LogP contribution in [0.2, 0.25) is 0 Å². The Hall–Kier alpha value is -5.50. The molecule has 1 aromatic heterocycles. The molecule has 206 valence electrons. The molecular weight excluding hydrogens is 561 g/mol. The predicted octanol–water partition coefficient (Wildman–Crippen LogP) is 13.2. The Morgan fingerprint density at radius 1 is 0.267 bits per heavy atom. The van der Waals surface area contributed by atoms with Crippen LogP contribution in [0.15, 0.2) is 146 Å². The van der Waals surface area contributed by atoms with E-state index in [1.165, 1.54) is 107 Å². The summed E-state index contributed by atoms with van der Waals surface area (Å²) in [4.78, 5) is 0. The lowest BCUT2D eigenvalue weighted by Crippen LogP contribution is -1.88. The molecular formula is C44H24S. The van der Waals surface area contributed by atoms with E-state index in [2.05, 4.69) is 146 Å². The van der Waals surface area contributed by atoms with Crippen molar-refractivity contribution in [3.05, 3.63) is 146 Å². The number of hydrogen-bond acceptors (Lipinski definition) is 1. The van der Waals surface area contributed by atoms with Crippen LogP contribution in [-0.4, -0.2) is 0 Å². The fraction of sp³-hybridized carbons (Fsp3) is 0. The molecule has 0 saturated heterocycles. The van der Waals surface area contributed by atoms with Crippen LogP contribution in [0.1, 0.15) is 0 Å². The summed E-state index contributed by atoms with van der Waals surface area (Å²) in [6.45, 7) is 0. The molecule has 0 amide bonds. The Balaban J connectivity index is 1.24. The predicted molar refractivity (Wildman–Crippen MR) is 198 cm³/mol. The third kappa shape index (κ3) is 3.11. The zero-order valence-electron chi connectivity index (χ0n) is 24.3. The van der Waals surface area contributed by atoms with Gasteiger partial charge in [0.15, 0.2) is 0 Å². The number of hydrogen-bond donors (Lipinski definition) is 0. The van der Waals surface area contributed by atoms with Crippen LogP contribution in [-0.2, 0) is 0 Å². The molecule has 0 radical (unpaired) electrons. The molecule has 0 atom stereocenters. The van der Waals surface area contributed by atoms with Crippen molar-refractivity contribution < 1.29 is 0 Å². The molecule has 11 aromatic rings. The summed E-state index contributed by atoms with van der Waals surface area (Å²) in [5.74, 6) is 0. The van der Waals surface area contributed by atoms with Gasteiger partial charge in [-0.25, -0.2) is 0 Å². The lowest BCUT2D eigenvalue weighted by molar-refractivity contribution is 1.74. The number of fused-ring (bicyclic) bond motifs is 3. The first-order valence-corrected chi connectivity index (χ1v) is 16.4. The minimum Gasteiger partial charge on any atom is -0.134 e. The van der Waals surface area contributed by atoms with Crippen LogP contribution < -0.4 is 0 Å². The van der Waals surface area contributed by atoms with Crippen LogP contribution in [0.4, 0.5) is 0 Å². The van der Waals surface area contributed by atoms with E-state index in [9.17, 15) is 0 Å². The topological polar surface area (TPSA) is 0 Å². The van der Waals surface area contributed by atoms with Gasteiger partial charge in [-0.2, -0.15) is 0 Å². The van der Waals surface area contributed by atoms with Gasteiger partial charge < -0.3 is 0 Å². The van der Waals surface area contributed by atoms with Gasteiger partial charge in [0.2, 0.25) is 0 Å². The highest BCUT2D eigenvalue weighted by atomic mass is 32.1. The smallest absolute Gasteiger partial charge is 0.0434 e. The van der Waals surface area contributed by atoms with Gasteiger partial charge in [0.05, 0.1) is 0 Å². The number of thiophene rings is 1. The maximum absolute atomic E-state index is 2.42. The molecule has 0 spiro atoms. The van der Waals surface area contributed by atoms with Crippen molar-refractivity contribution in [2.45, 2.75) is 0 Å². The van der Waals surface area contributed by atoms with Crippen molar-refractivity contribution in [3.63, 3.8) is 0 Å². The molecule has 0 bridgehead atoms. The van der Waals surface area contributed by atoms with Gasteiger partial charge >= 0.3 is 0 Å². The van der Waals surface area contributed by atoms with E-state index in [1.807, 2.05) is 11.3 Å². The summed E-state index contributed by atoms with van der Waals surface area (Å²) in [5, 5.41) is 18.6. The summed E-state index contributed by atoms with van der Waals surface area (Å²) >= 11 is 1.95. The second kappa shape index (κ2) is 8.57. The molecule has 0 aliphatic rings. The van der Waals surface area contributed by atoms with Gasteiger partial charge in [-0.15, -0.1) is 11.3 Å². The number of benzene rings is 10. The fourth-order valence-electron chi connectivity index (χ4n) is 8.21. The zero-order chi connectivity index (χ0) is 29.2. The van der Waals surface area contributed by atoms with Gasteiger partial charge in [-0.1, -0.05) is 133 Å². The van der Waals surface area contributed by atoms with Crippen LogP contribution in [0.25, 0.3) is 107 Å². The van der Waals surface area contributed by atoms with Crippen LogP contribution in [0.3, 0.4) is 0 Å². The third-order valence-electron chi connectivity index (χ3n) is 10.1. The second-order valence-corrected chi connectivity index (χ2v) is 13.4. The van der Waals surface area contributed by atoms with E-state index >= 15 is 0 Å². The van der Waals surface area contributed by atoms with E-state index in [0.717, 1.165) is 0 Å². The monoisotopic (exact) mass is 584 g/mol. The molecule has 0 N–H and O–H groups in total. The average Bonchev–Trinajstić information content (AvgIpc) is 3.49. The standard InChI is InChI=1S/C44H24S/c1-7-25-19-21-27-9-3-13-31-37(23-29(11-1)39(25)41(27)31)35-17-5-15-33-34-16-6-18-36(44(34)45-43(33)35)38-24-30-12-2-8-26-20-22-28-10-4-14-32(38)42(28)40(26)30/h1-24H. The average molecular weight is 585 g/mol. The Bertz CT molecular complexity index is 2770. The molecule has 0 nitrogen and oxygen atoms in total. The van der Waals surface area contributed by atoms with Gasteiger partial charge in [-0.05, 0) is 87.9 Å². The Morgan fingerprint density at radius 3 is 1.09 bits per heavy atom. The molecule has 1 heterocycles. The first-order chi connectivity index (χ1) is 22.3. The van der Waals surface area contributed by atoms with Crippen molar-refractivity contribution in [2.75, 3.05) is 0 Å². The molecule has 1 heteroatoms. The molecule has 0 saturated carbocycles. The van der Waals surface area contributed by atoms with Gasteiger partial charge in [0.1, 0.15) is 0 Å². The largest absolute Gasteiger partial charge is 0.134 e. The summed E-state index contributed by atoms with van der Waals surface area (Å²) in [6.07, 6.45) is 0. The maximum atomic E-state index is 2.42. The first kappa shape index (κ1) is 23.9. The van der Waals surface area contributed by atoms with E-state index in [4.69, 9.17) is 0 Å². The van der Waals surface area contributed by atoms with E-state index in [0.29, 0.717) is 0 Å². The van der Waals surface area contributed by atoms with E-state index in [-0.39, 0.29) is 0 Å². The van der Waals surface area contributed by atoms with Crippen molar-refractivity contribution in [3.8, 4) is 22.3 Å². The highest BCUT2D eigenvalue weighted by molar-refractivity contribution is 7.27. The van der Waals surface area contributed by atoms with Crippen LogP contribution in [0.5, 0.6) is 0 Å². The van der Waals surface area contributed by atoms with Crippen molar-refractivity contribution in [1.82, 2.24) is 0 Å². The lowest BCUT2D eigenvalue weighted by Gasteiger charge is -2.15. The van der Waals surface area contributed by atoms with E-state index < -0.39 is 0 Å². The fourth-order valence-corrected chi connectivity index (χ4v) is 9.57. The quantitative estimate of drug-likeness (QED) is 0.177. The minimum absolute atomic E-state index is 1.30. The molecule has 45 heavy (non-hydrogen) atoms. The van der Waals surface area contributed by atoms with E-state index in [1.54, 1.807) is 0 Å². The highest BCUT2D eigenvalue weighted by Crippen LogP contribution is 2.49. The molecule has 0 fully saturated rings.